The van der Waals surface area contributed by atoms with Crippen LogP contribution in [-0.4, -0.2) is 34.4 Å². The zero-order valence-corrected chi connectivity index (χ0v) is 13.0. The van der Waals surface area contributed by atoms with Gasteiger partial charge in [0.2, 0.25) is 0 Å². The third-order valence-electron chi connectivity index (χ3n) is 2.21. The summed E-state index contributed by atoms with van der Waals surface area (Å²) in [6, 6.07) is 3.03. The van der Waals surface area contributed by atoms with E-state index in [9.17, 15) is 14.7 Å². The van der Waals surface area contributed by atoms with Crippen LogP contribution in [0, 0.1) is 0 Å². The molecule has 0 spiro atoms. The minimum atomic E-state index is -1.37. The number of nitrogens with one attached hydrogen (secondary N) is 2. The number of amides is 2. The highest BCUT2D eigenvalue weighted by atomic mass is 79.9. The van der Waals surface area contributed by atoms with Crippen LogP contribution in [0.4, 0.5) is 10.5 Å². The summed E-state index contributed by atoms with van der Waals surface area (Å²) >= 11 is 6.53. The third-order valence-corrected chi connectivity index (χ3v) is 3.36. The van der Waals surface area contributed by atoms with Crippen molar-refractivity contribution < 1.29 is 19.8 Å². The van der Waals surface area contributed by atoms with E-state index in [0.717, 1.165) is 4.47 Å². The maximum Gasteiger partial charge on any atom is 0.328 e. The van der Waals surface area contributed by atoms with Crippen molar-refractivity contribution in [3.05, 3.63) is 27.1 Å². The van der Waals surface area contributed by atoms with Crippen molar-refractivity contribution in [2.75, 3.05) is 5.32 Å². The van der Waals surface area contributed by atoms with Gasteiger partial charge in [-0.15, -0.1) is 0 Å². The SMILES string of the molecule is CC(O)C(NC(=O)Nc1ccc(Br)cc1Br)C(=O)O. The van der Waals surface area contributed by atoms with Crippen molar-refractivity contribution in [3.63, 3.8) is 0 Å². The predicted molar refractivity (Wildman–Crippen MR) is 77.1 cm³/mol. The minimum Gasteiger partial charge on any atom is -0.480 e. The van der Waals surface area contributed by atoms with Crippen LogP contribution in [0.2, 0.25) is 0 Å². The molecule has 2 atom stereocenters. The van der Waals surface area contributed by atoms with Crippen LogP contribution in [0.25, 0.3) is 0 Å². The van der Waals surface area contributed by atoms with Crippen molar-refractivity contribution in [2.45, 2.75) is 19.1 Å². The summed E-state index contributed by atoms with van der Waals surface area (Å²) in [6.07, 6.45) is -1.20. The van der Waals surface area contributed by atoms with E-state index in [4.69, 9.17) is 5.11 Å². The first kappa shape index (κ1) is 15.9. The Morgan fingerprint density at radius 2 is 1.95 bits per heavy atom. The molecule has 0 saturated heterocycles. The number of aliphatic hydroxyl groups is 1. The molecule has 8 heteroatoms. The topological polar surface area (TPSA) is 98.7 Å². The van der Waals surface area contributed by atoms with E-state index < -0.39 is 24.1 Å². The quantitative estimate of drug-likeness (QED) is 0.627. The number of aliphatic hydroxyl groups excluding tert-OH is 1. The highest BCUT2D eigenvalue weighted by molar-refractivity contribution is 9.11. The Kier molecular flexibility index (Phi) is 5.77. The van der Waals surface area contributed by atoms with Gasteiger partial charge in [-0.1, -0.05) is 15.9 Å². The lowest BCUT2D eigenvalue weighted by Gasteiger charge is -2.17. The Labute approximate surface area is 126 Å². The van der Waals surface area contributed by atoms with Gasteiger partial charge >= 0.3 is 12.0 Å². The smallest absolute Gasteiger partial charge is 0.328 e. The van der Waals surface area contributed by atoms with Gasteiger partial charge < -0.3 is 20.8 Å². The second-order valence-electron chi connectivity index (χ2n) is 3.78. The average Bonchev–Trinajstić information content (AvgIpc) is 2.29. The number of halogens is 2. The monoisotopic (exact) mass is 394 g/mol. The van der Waals surface area contributed by atoms with Crippen molar-refractivity contribution in [3.8, 4) is 0 Å². The van der Waals surface area contributed by atoms with Crippen molar-refractivity contribution >= 4 is 49.5 Å². The molecule has 6 nitrogen and oxygen atoms in total. The van der Waals surface area contributed by atoms with Crippen LogP contribution in [0.15, 0.2) is 27.1 Å². The molecule has 0 fully saturated rings. The van der Waals surface area contributed by atoms with E-state index in [1.54, 1.807) is 18.2 Å². The fourth-order valence-electron chi connectivity index (χ4n) is 1.28. The Balaban J connectivity index is 2.72. The number of carboxylic acids is 1. The van der Waals surface area contributed by atoms with E-state index in [-0.39, 0.29) is 0 Å². The lowest BCUT2D eigenvalue weighted by molar-refractivity contribution is -0.141. The summed E-state index contributed by atoms with van der Waals surface area (Å²) in [6.45, 7) is 1.29. The molecular formula is C11H12Br2N2O4. The molecule has 0 bridgehead atoms. The summed E-state index contributed by atoms with van der Waals surface area (Å²) in [4.78, 5) is 22.5. The molecule has 2 unspecified atom stereocenters. The fraction of sp³-hybridized carbons (Fsp3) is 0.273. The molecule has 0 aliphatic carbocycles. The first-order valence-electron chi connectivity index (χ1n) is 5.24. The molecule has 4 N–H and O–H groups in total. The Morgan fingerprint density at radius 1 is 1.32 bits per heavy atom. The summed E-state index contributed by atoms with van der Waals surface area (Å²) < 4.78 is 1.47. The molecule has 0 radical (unpaired) electrons. The number of hydrogen-bond acceptors (Lipinski definition) is 3. The second kappa shape index (κ2) is 6.88. The molecule has 104 valence electrons. The maximum absolute atomic E-state index is 11.6. The van der Waals surface area contributed by atoms with Gasteiger partial charge in [0.15, 0.2) is 6.04 Å². The first-order valence-corrected chi connectivity index (χ1v) is 6.83. The van der Waals surface area contributed by atoms with Gasteiger partial charge in [0.05, 0.1) is 11.8 Å². The van der Waals surface area contributed by atoms with Crippen LogP contribution in [0.1, 0.15) is 6.92 Å². The fourth-order valence-corrected chi connectivity index (χ4v) is 2.43. The highest BCUT2D eigenvalue weighted by Crippen LogP contribution is 2.25. The molecule has 0 heterocycles. The molecule has 0 aliphatic heterocycles. The summed E-state index contributed by atoms with van der Waals surface area (Å²) in [5.74, 6) is -1.31. The average molecular weight is 396 g/mol. The van der Waals surface area contributed by atoms with Gasteiger partial charge in [-0.25, -0.2) is 9.59 Å². The number of aliphatic carboxylic acids is 1. The zero-order chi connectivity index (χ0) is 14.6. The van der Waals surface area contributed by atoms with E-state index in [2.05, 4.69) is 42.5 Å². The van der Waals surface area contributed by atoms with Crippen LogP contribution in [0.3, 0.4) is 0 Å². The molecule has 2 amide bonds. The number of carboxylic acid groups (broad SMARTS) is 1. The number of hydrogen-bond donors (Lipinski definition) is 4. The van der Waals surface area contributed by atoms with Gasteiger partial charge in [-0.05, 0) is 41.1 Å². The van der Waals surface area contributed by atoms with Gasteiger partial charge in [0.25, 0.3) is 0 Å². The van der Waals surface area contributed by atoms with E-state index in [1.807, 2.05) is 0 Å². The lowest BCUT2D eigenvalue weighted by atomic mass is 10.2. The predicted octanol–water partition coefficient (Wildman–Crippen LogP) is 2.17. The van der Waals surface area contributed by atoms with E-state index >= 15 is 0 Å². The van der Waals surface area contributed by atoms with E-state index in [0.29, 0.717) is 10.2 Å². The van der Waals surface area contributed by atoms with Crippen molar-refractivity contribution in [1.82, 2.24) is 5.32 Å². The van der Waals surface area contributed by atoms with Gasteiger partial charge in [0, 0.05) is 8.95 Å². The first-order chi connectivity index (χ1) is 8.81. The van der Waals surface area contributed by atoms with Crippen LogP contribution < -0.4 is 10.6 Å². The molecule has 1 rings (SSSR count). The Morgan fingerprint density at radius 3 is 2.42 bits per heavy atom. The highest BCUT2D eigenvalue weighted by Gasteiger charge is 2.25. The number of anilines is 1. The number of urea groups is 1. The molecule has 1 aromatic carbocycles. The van der Waals surface area contributed by atoms with Gasteiger partial charge in [0.1, 0.15) is 0 Å². The van der Waals surface area contributed by atoms with Gasteiger partial charge in [-0.3, -0.25) is 0 Å². The molecule has 1 aromatic rings. The summed E-state index contributed by atoms with van der Waals surface area (Å²) in [5.41, 5.74) is 0.482. The second-order valence-corrected chi connectivity index (χ2v) is 5.55. The Bertz CT molecular complexity index is 494. The molecule has 19 heavy (non-hydrogen) atoms. The van der Waals surface area contributed by atoms with Crippen LogP contribution in [-0.2, 0) is 4.79 Å². The van der Waals surface area contributed by atoms with Crippen LogP contribution in [0.5, 0.6) is 0 Å². The molecule has 0 saturated carbocycles. The third kappa shape index (κ3) is 4.81. The number of rotatable bonds is 4. The van der Waals surface area contributed by atoms with Crippen molar-refractivity contribution in [2.24, 2.45) is 0 Å². The lowest BCUT2D eigenvalue weighted by Crippen LogP contribution is -2.49. The maximum atomic E-state index is 11.6. The standard InChI is InChI=1S/C11H12Br2N2O4/c1-5(16)9(10(17)18)15-11(19)14-8-3-2-6(12)4-7(8)13/h2-5,9,16H,1H3,(H,17,18)(H2,14,15,19). The number of carbonyl (C=O) groups is 2. The number of carbonyl (C=O) groups excluding carboxylic acids is 1. The normalized spacial score (nSPS) is 13.5. The molecular weight excluding hydrogens is 384 g/mol. The van der Waals surface area contributed by atoms with E-state index in [1.165, 1.54) is 6.92 Å². The minimum absolute atomic E-state index is 0.482. The molecule has 0 aromatic heterocycles. The largest absolute Gasteiger partial charge is 0.480 e. The van der Waals surface area contributed by atoms with Crippen molar-refractivity contribution in [1.29, 1.82) is 0 Å². The van der Waals surface area contributed by atoms with Crippen LogP contribution >= 0.6 is 31.9 Å². The van der Waals surface area contributed by atoms with Gasteiger partial charge in [-0.2, -0.15) is 0 Å². The number of benzene rings is 1. The zero-order valence-electron chi connectivity index (χ0n) is 9.85. The summed E-state index contributed by atoms with van der Waals surface area (Å²) in [7, 11) is 0. The molecule has 0 aliphatic rings. The Hall–Kier alpha value is -1.12. The summed E-state index contributed by atoms with van der Waals surface area (Å²) in [5, 5.41) is 22.7.